The zero-order valence-electron chi connectivity index (χ0n) is 10.7. The number of benzene rings is 1. The van der Waals surface area contributed by atoms with Crippen LogP contribution in [0.5, 0.6) is 0 Å². The number of rotatable bonds is 5. The molecular weight excluding hydrogens is 386 g/mol. The fraction of sp³-hybridized carbons (Fsp3) is 0.167. The van der Waals surface area contributed by atoms with Gasteiger partial charge in [0.15, 0.2) is 0 Å². The second-order valence-corrected chi connectivity index (χ2v) is 3.95. The first-order valence-corrected chi connectivity index (χ1v) is 6.07. The van der Waals surface area contributed by atoms with Gasteiger partial charge in [0.05, 0.1) is 11.1 Å². The minimum absolute atomic E-state index is 0. The van der Waals surface area contributed by atoms with Crippen molar-refractivity contribution in [1.82, 2.24) is 0 Å². The van der Waals surface area contributed by atoms with Crippen LogP contribution in [0.4, 0.5) is 0 Å². The SMILES string of the molecule is O=C([O-])Cc1cc(C(=O)O)ccc1C(=O)O.O=C([O-])[CH2][Mn].[Co+2]. The minimum atomic E-state index is -1.47. The van der Waals surface area contributed by atoms with Crippen molar-refractivity contribution in [2.24, 2.45) is 0 Å². The molecule has 0 heterocycles. The van der Waals surface area contributed by atoms with Crippen LogP contribution in [0.3, 0.4) is 0 Å². The summed E-state index contributed by atoms with van der Waals surface area (Å²) in [4.78, 5) is 40.9. The molecule has 0 amide bonds. The maximum Gasteiger partial charge on any atom is 2.00 e. The van der Waals surface area contributed by atoms with Crippen molar-refractivity contribution in [2.75, 3.05) is 0 Å². The Bertz CT molecular complexity index is 572. The van der Waals surface area contributed by atoms with Gasteiger partial charge >= 0.3 is 65.9 Å². The Balaban J connectivity index is 0. The van der Waals surface area contributed by atoms with Crippen molar-refractivity contribution in [1.29, 1.82) is 0 Å². The molecule has 0 aromatic heterocycles. The van der Waals surface area contributed by atoms with Crippen molar-refractivity contribution in [3.8, 4) is 0 Å². The molecule has 0 fully saturated rings. The van der Waals surface area contributed by atoms with E-state index in [-0.39, 0.29) is 38.8 Å². The van der Waals surface area contributed by atoms with Gasteiger partial charge in [0.2, 0.25) is 0 Å². The summed E-state index contributed by atoms with van der Waals surface area (Å²) in [6, 6.07) is 3.18. The van der Waals surface area contributed by atoms with E-state index >= 15 is 0 Å². The number of carbonyl (C=O) groups excluding carboxylic acids is 2. The topological polar surface area (TPSA) is 155 Å². The maximum absolute atomic E-state index is 10.7. The fourth-order valence-electron chi connectivity index (χ4n) is 1.24. The first-order valence-electron chi connectivity index (χ1n) is 5.24. The molecule has 0 saturated carbocycles. The molecule has 1 aromatic carbocycles. The van der Waals surface area contributed by atoms with E-state index in [0.717, 1.165) is 18.2 Å². The molecule has 0 aliphatic heterocycles. The van der Waals surface area contributed by atoms with Crippen LogP contribution in [0.1, 0.15) is 26.3 Å². The van der Waals surface area contributed by atoms with Crippen LogP contribution in [0.15, 0.2) is 18.2 Å². The summed E-state index contributed by atoms with van der Waals surface area (Å²) in [5.41, 5.74) is -0.497. The third-order valence-corrected chi connectivity index (χ3v) is 2.37. The Labute approximate surface area is 143 Å². The largest absolute Gasteiger partial charge is 2.00 e. The van der Waals surface area contributed by atoms with Crippen molar-refractivity contribution >= 4 is 23.9 Å². The average Bonchev–Trinajstić information content (AvgIpc) is 2.38. The van der Waals surface area contributed by atoms with Crippen molar-refractivity contribution in [2.45, 2.75) is 11.7 Å². The van der Waals surface area contributed by atoms with Crippen LogP contribution in [-0.4, -0.2) is 34.1 Å². The van der Waals surface area contributed by atoms with E-state index in [2.05, 4.69) is 16.0 Å². The van der Waals surface area contributed by atoms with E-state index in [0.29, 0.717) is 0 Å². The normalized spacial score (nSPS) is 8.77. The Hall–Kier alpha value is -1.87. The van der Waals surface area contributed by atoms with E-state index in [1.807, 2.05) is 0 Å². The van der Waals surface area contributed by atoms with Crippen LogP contribution in [0.25, 0.3) is 0 Å². The summed E-state index contributed by atoms with van der Waals surface area (Å²) in [6.07, 6.45) is -0.636. The standard InChI is InChI=1S/C10H8O6.C2H3O2.Co.Mn/c11-8(12)4-6-3-5(9(13)14)1-2-7(6)10(15)16;1-2(3)4;;/h1-3H,4H2,(H,11,12)(H,13,14)(H,15,16);1H2,(H,3,4);;/q;;+2;/p-2. The van der Waals surface area contributed by atoms with Gasteiger partial charge in [-0.1, -0.05) is 0 Å². The van der Waals surface area contributed by atoms with Gasteiger partial charge in [-0.2, -0.15) is 0 Å². The first kappa shape index (κ1) is 22.4. The molecule has 1 radical (unpaired) electrons. The zero-order valence-corrected chi connectivity index (χ0v) is 12.9. The second-order valence-electron chi connectivity index (χ2n) is 3.54. The van der Waals surface area contributed by atoms with E-state index < -0.39 is 30.3 Å². The molecular formula is C12H9CoMnO8. The summed E-state index contributed by atoms with van der Waals surface area (Å²) in [5, 5.41) is 36.9. The molecule has 121 valence electrons. The number of aliphatic carboxylic acids is 2. The van der Waals surface area contributed by atoms with Gasteiger partial charge < -0.3 is 20.1 Å². The molecule has 10 heteroatoms. The Kier molecular flexibility index (Phi) is 11.0. The van der Waals surface area contributed by atoms with Crippen molar-refractivity contribution in [3.63, 3.8) is 0 Å². The molecule has 0 aliphatic carbocycles. The number of carbonyl (C=O) groups is 4. The third-order valence-electron chi connectivity index (χ3n) is 2.03. The molecule has 22 heavy (non-hydrogen) atoms. The van der Waals surface area contributed by atoms with Crippen LogP contribution in [-0.2, 0) is 48.8 Å². The monoisotopic (exact) mass is 395 g/mol. The number of aromatic carboxylic acids is 2. The van der Waals surface area contributed by atoms with Gasteiger partial charge in [-0.25, -0.2) is 9.59 Å². The van der Waals surface area contributed by atoms with E-state index in [9.17, 15) is 29.4 Å². The zero-order chi connectivity index (χ0) is 16.6. The summed E-state index contributed by atoms with van der Waals surface area (Å²) in [5.74, 6) is -5.11. The minimum Gasteiger partial charge on any atom is 2.00 e. The fourth-order valence-corrected chi connectivity index (χ4v) is 1.24. The second kappa shape index (κ2) is 10.8. The first-order chi connectivity index (χ1) is 9.68. The third kappa shape index (κ3) is 8.42. The van der Waals surface area contributed by atoms with Gasteiger partial charge in [-0.3, -0.25) is 0 Å². The number of carboxylic acid groups (broad SMARTS) is 4. The molecule has 0 bridgehead atoms. The number of hydrogen-bond acceptors (Lipinski definition) is 6. The number of carboxylic acids is 4. The molecule has 2 N–H and O–H groups in total. The smallest absolute Gasteiger partial charge is 2.00 e. The van der Waals surface area contributed by atoms with E-state index in [1.165, 1.54) is 0 Å². The van der Waals surface area contributed by atoms with Gasteiger partial charge in [0.1, 0.15) is 0 Å². The van der Waals surface area contributed by atoms with E-state index in [4.69, 9.17) is 10.2 Å². The van der Waals surface area contributed by atoms with Gasteiger partial charge in [-0.15, -0.1) is 0 Å². The molecule has 1 aromatic rings. The summed E-state index contributed by atoms with van der Waals surface area (Å²) < 4.78 is 0. The summed E-state index contributed by atoms with van der Waals surface area (Å²) in [7, 11) is 0. The van der Waals surface area contributed by atoms with Gasteiger partial charge in [0.25, 0.3) is 0 Å². The Morgan fingerprint density at radius 2 is 1.50 bits per heavy atom. The quantitative estimate of drug-likeness (QED) is 0.547. The van der Waals surface area contributed by atoms with Crippen molar-refractivity contribution in [3.05, 3.63) is 34.9 Å². The molecule has 1 rings (SSSR count). The summed E-state index contributed by atoms with van der Waals surface area (Å²) >= 11 is 2.65. The molecule has 0 unspecified atom stereocenters. The molecule has 0 spiro atoms. The maximum atomic E-state index is 10.7. The van der Waals surface area contributed by atoms with Gasteiger partial charge in [0, 0.05) is 12.4 Å². The van der Waals surface area contributed by atoms with Crippen LogP contribution in [0.2, 0.25) is 5.32 Å². The average molecular weight is 395 g/mol. The van der Waals surface area contributed by atoms with E-state index in [1.54, 1.807) is 0 Å². The predicted molar refractivity (Wildman–Crippen MR) is 58.9 cm³/mol. The Morgan fingerprint density at radius 3 is 1.82 bits per heavy atom. The molecule has 0 aliphatic rings. The predicted octanol–water partition coefficient (Wildman–Crippen LogP) is -1.93. The Morgan fingerprint density at radius 1 is 1.00 bits per heavy atom. The molecule has 0 saturated heterocycles. The van der Waals surface area contributed by atoms with Crippen LogP contribution >= 0.6 is 0 Å². The van der Waals surface area contributed by atoms with Crippen molar-refractivity contribution < 1.29 is 72.4 Å². The van der Waals surface area contributed by atoms with Crippen LogP contribution in [0, 0.1) is 0 Å². The van der Waals surface area contributed by atoms with Crippen LogP contribution < -0.4 is 10.2 Å². The molecule has 8 nitrogen and oxygen atoms in total. The molecule has 0 atom stereocenters. The van der Waals surface area contributed by atoms with Gasteiger partial charge in [-0.05, 0) is 23.8 Å². The number of hydrogen-bond donors (Lipinski definition) is 2. The summed E-state index contributed by atoms with van der Waals surface area (Å²) in [6.45, 7) is 0.